The van der Waals surface area contributed by atoms with Gasteiger partial charge < -0.3 is 5.11 Å². The first-order valence-electron chi connectivity index (χ1n) is 7.91. The fraction of sp³-hybridized carbons (Fsp3) is 0.929. The van der Waals surface area contributed by atoms with Crippen molar-refractivity contribution < 1.29 is 22.7 Å². The van der Waals surface area contributed by atoms with Crippen molar-refractivity contribution in [2.24, 2.45) is 5.92 Å². The van der Waals surface area contributed by atoms with Crippen LogP contribution in [0.5, 0.6) is 0 Å². The molecule has 0 spiro atoms. The van der Waals surface area contributed by atoms with E-state index in [2.05, 4.69) is 4.72 Å². The largest absolute Gasteiger partial charge is 0.480 e. The van der Waals surface area contributed by atoms with E-state index in [0.29, 0.717) is 25.2 Å². The van der Waals surface area contributed by atoms with Gasteiger partial charge in [-0.15, -0.1) is 0 Å². The number of hydrogen-bond donors (Lipinski definition) is 2. The smallest absolute Gasteiger partial charge is 0.317 e. The minimum atomic E-state index is -3.35. The van der Waals surface area contributed by atoms with Gasteiger partial charge in [0.2, 0.25) is 10.0 Å². The van der Waals surface area contributed by atoms with Crippen LogP contribution in [-0.2, 0) is 14.8 Å². The number of nitrogens with one attached hydrogen (secondary N) is 1. The second-order valence-electron chi connectivity index (χ2n) is 6.42. The Morgan fingerprint density at radius 1 is 1.27 bits per heavy atom. The number of carboxylic acid groups (broad SMARTS) is 1. The van der Waals surface area contributed by atoms with Crippen LogP contribution in [0.15, 0.2) is 0 Å². The van der Waals surface area contributed by atoms with E-state index in [1.165, 1.54) is 0 Å². The first-order chi connectivity index (χ1) is 10.4. The molecule has 0 atom stereocenters. The number of rotatable bonds is 11. The van der Waals surface area contributed by atoms with Gasteiger partial charge in [-0.05, 0) is 44.4 Å². The zero-order valence-corrected chi connectivity index (χ0v) is 13.5. The van der Waals surface area contributed by atoms with E-state index in [-0.39, 0.29) is 30.8 Å². The summed E-state index contributed by atoms with van der Waals surface area (Å²) in [6, 6.07) is 0.0334. The molecule has 2 saturated carbocycles. The minimum absolute atomic E-state index is 0.0249. The Morgan fingerprint density at radius 3 is 2.50 bits per heavy atom. The summed E-state index contributed by atoms with van der Waals surface area (Å²) in [5.41, 5.74) is 0. The number of alkyl halides is 1. The maximum Gasteiger partial charge on any atom is 0.317 e. The summed E-state index contributed by atoms with van der Waals surface area (Å²) in [7, 11) is -3.35. The summed E-state index contributed by atoms with van der Waals surface area (Å²) in [5.74, 6) is -0.273. The van der Waals surface area contributed by atoms with Gasteiger partial charge in [0.25, 0.3) is 0 Å². The number of halogens is 1. The predicted octanol–water partition coefficient (Wildman–Crippen LogP) is 0.983. The average Bonchev–Trinajstić information content (AvgIpc) is 3.16. The minimum Gasteiger partial charge on any atom is -0.480 e. The summed E-state index contributed by atoms with van der Waals surface area (Å²) in [4.78, 5) is 12.9. The Bertz CT molecular complexity index is 475. The first-order valence-corrected chi connectivity index (χ1v) is 9.56. The number of aliphatic carboxylic acids is 1. The molecule has 0 aromatic rings. The molecule has 6 nitrogen and oxygen atoms in total. The van der Waals surface area contributed by atoms with Gasteiger partial charge in [0.1, 0.15) is 0 Å². The molecule has 2 fully saturated rings. The van der Waals surface area contributed by atoms with Crippen molar-refractivity contribution in [1.29, 1.82) is 0 Å². The molecule has 0 amide bonds. The maximum atomic E-state index is 12.0. The van der Waals surface area contributed by atoms with E-state index in [0.717, 1.165) is 19.4 Å². The van der Waals surface area contributed by atoms with Gasteiger partial charge in [-0.25, -0.2) is 13.1 Å². The molecule has 0 aromatic heterocycles. The normalized spacial score (nSPS) is 25.2. The van der Waals surface area contributed by atoms with Crippen LogP contribution in [0.2, 0.25) is 0 Å². The molecule has 0 unspecified atom stereocenters. The zero-order chi connectivity index (χ0) is 16.2. The summed E-state index contributed by atoms with van der Waals surface area (Å²) >= 11 is 0. The van der Waals surface area contributed by atoms with Crippen molar-refractivity contribution in [2.45, 2.75) is 50.6 Å². The molecule has 2 aliphatic carbocycles. The zero-order valence-electron chi connectivity index (χ0n) is 12.7. The van der Waals surface area contributed by atoms with E-state index in [1.54, 1.807) is 0 Å². The third-order valence-corrected chi connectivity index (χ3v) is 5.82. The molecule has 2 N–H and O–H groups in total. The van der Waals surface area contributed by atoms with Gasteiger partial charge in [0, 0.05) is 18.6 Å². The molecule has 0 saturated heterocycles. The van der Waals surface area contributed by atoms with Crippen LogP contribution < -0.4 is 4.72 Å². The molecule has 22 heavy (non-hydrogen) atoms. The molecule has 0 bridgehead atoms. The van der Waals surface area contributed by atoms with Crippen LogP contribution in [0.25, 0.3) is 0 Å². The van der Waals surface area contributed by atoms with Crippen LogP contribution >= 0.6 is 0 Å². The standard InChI is InChI=1S/C14H25FN2O4S/c15-5-1-2-6-22(20,21)16-12-7-13(8-12)17(10-14(18)19)9-11-3-4-11/h11-13,16H,1-10H2,(H,18,19). The summed E-state index contributed by atoms with van der Waals surface area (Å²) in [5, 5.41) is 8.97. The van der Waals surface area contributed by atoms with E-state index >= 15 is 0 Å². The molecule has 8 heteroatoms. The predicted molar refractivity (Wildman–Crippen MR) is 80.9 cm³/mol. The second-order valence-corrected chi connectivity index (χ2v) is 8.29. The molecule has 128 valence electrons. The lowest BCUT2D eigenvalue weighted by atomic mass is 9.86. The number of carbonyl (C=O) groups is 1. The van der Waals surface area contributed by atoms with Gasteiger partial charge in [-0.1, -0.05) is 0 Å². The third-order valence-electron chi connectivity index (χ3n) is 4.30. The van der Waals surface area contributed by atoms with Gasteiger partial charge in [0.05, 0.1) is 19.0 Å². The highest BCUT2D eigenvalue weighted by Gasteiger charge is 2.38. The van der Waals surface area contributed by atoms with Crippen molar-refractivity contribution in [3.63, 3.8) is 0 Å². The quantitative estimate of drug-likeness (QED) is 0.549. The van der Waals surface area contributed by atoms with Crippen LogP contribution in [0, 0.1) is 5.92 Å². The average molecular weight is 336 g/mol. The fourth-order valence-electron chi connectivity index (χ4n) is 2.83. The molecule has 0 radical (unpaired) electrons. The first kappa shape index (κ1) is 17.6. The SMILES string of the molecule is O=C(O)CN(CC1CC1)C1CC(NS(=O)(=O)CCCCF)C1. The Balaban J connectivity index is 1.73. The molecular formula is C14H25FN2O4S. The van der Waals surface area contributed by atoms with Gasteiger partial charge >= 0.3 is 5.97 Å². The van der Waals surface area contributed by atoms with Crippen LogP contribution in [0.4, 0.5) is 4.39 Å². The summed E-state index contributed by atoms with van der Waals surface area (Å²) in [6.07, 6.45) is 4.22. The lowest BCUT2D eigenvalue weighted by Crippen LogP contribution is -2.55. The van der Waals surface area contributed by atoms with Crippen molar-refractivity contribution in [2.75, 3.05) is 25.5 Å². The lowest BCUT2D eigenvalue weighted by molar-refractivity contribution is -0.139. The van der Waals surface area contributed by atoms with Gasteiger partial charge in [0.15, 0.2) is 0 Å². The van der Waals surface area contributed by atoms with Gasteiger partial charge in [-0.2, -0.15) is 0 Å². The Hall–Kier alpha value is -0.730. The van der Waals surface area contributed by atoms with Crippen molar-refractivity contribution >= 4 is 16.0 Å². The van der Waals surface area contributed by atoms with E-state index in [1.807, 2.05) is 4.90 Å². The lowest BCUT2D eigenvalue weighted by Gasteiger charge is -2.42. The fourth-order valence-corrected chi connectivity index (χ4v) is 4.23. The van der Waals surface area contributed by atoms with Crippen LogP contribution in [0.3, 0.4) is 0 Å². The molecule has 0 aromatic carbocycles. The molecule has 2 rings (SSSR count). The summed E-state index contributed by atoms with van der Waals surface area (Å²) < 4.78 is 38.2. The van der Waals surface area contributed by atoms with Crippen LogP contribution in [0.1, 0.15) is 38.5 Å². The molecule has 2 aliphatic rings. The monoisotopic (exact) mass is 336 g/mol. The van der Waals surface area contributed by atoms with Crippen LogP contribution in [-0.4, -0.2) is 62.0 Å². The second kappa shape index (κ2) is 7.70. The third kappa shape index (κ3) is 5.81. The Labute approximate surface area is 131 Å². The Kier molecular flexibility index (Phi) is 6.17. The number of unbranched alkanes of at least 4 members (excludes halogenated alkanes) is 1. The van der Waals surface area contributed by atoms with E-state index < -0.39 is 22.7 Å². The highest BCUT2D eigenvalue weighted by atomic mass is 32.2. The number of nitrogens with zero attached hydrogens (tertiary/aromatic N) is 1. The summed E-state index contributed by atoms with van der Waals surface area (Å²) in [6.45, 7) is 0.330. The number of hydrogen-bond acceptors (Lipinski definition) is 4. The molecule has 0 aliphatic heterocycles. The maximum absolute atomic E-state index is 12.0. The van der Waals surface area contributed by atoms with E-state index in [9.17, 15) is 17.6 Å². The highest BCUT2D eigenvalue weighted by molar-refractivity contribution is 7.89. The molecular weight excluding hydrogens is 311 g/mol. The highest BCUT2D eigenvalue weighted by Crippen LogP contribution is 2.33. The van der Waals surface area contributed by atoms with Crippen molar-refractivity contribution in [3.8, 4) is 0 Å². The van der Waals surface area contributed by atoms with E-state index in [4.69, 9.17) is 5.11 Å². The van der Waals surface area contributed by atoms with Crippen molar-refractivity contribution in [1.82, 2.24) is 9.62 Å². The van der Waals surface area contributed by atoms with Gasteiger partial charge in [-0.3, -0.25) is 14.1 Å². The number of sulfonamides is 1. The molecule has 0 heterocycles. The Morgan fingerprint density at radius 2 is 1.95 bits per heavy atom. The topological polar surface area (TPSA) is 86.7 Å². The van der Waals surface area contributed by atoms with Crippen molar-refractivity contribution in [3.05, 3.63) is 0 Å². The number of carboxylic acids is 1.